The summed E-state index contributed by atoms with van der Waals surface area (Å²) < 4.78 is 2.05. The molecule has 2 heterocycles. The molecule has 0 aliphatic carbocycles. The number of aromatic nitrogens is 4. The van der Waals surface area contributed by atoms with Gasteiger partial charge in [-0.2, -0.15) is 0 Å². The van der Waals surface area contributed by atoms with Gasteiger partial charge in [-0.15, -0.1) is 0 Å². The fourth-order valence-electron chi connectivity index (χ4n) is 1.58. The molecule has 0 saturated heterocycles. The number of nitrogens with one attached hydrogen (secondary N) is 1. The predicted octanol–water partition coefficient (Wildman–Crippen LogP) is 1.76. The lowest BCUT2D eigenvalue weighted by molar-refractivity contribution is 0.612. The van der Waals surface area contributed by atoms with Crippen molar-refractivity contribution < 1.29 is 0 Å². The SMILES string of the molecule is CNc1nc(C)nc2c1ncn2C(C)C. The van der Waals surface area contributed by atoms with Gasteiger partial charge in [-0.25, -0.2) is 15.0 Å². The van der Waals surface area contributed by atoms with Crippen LogP contribution in [-0.4, -0.2) is 26.6 Å². The molecule has 0 aromatic carbocycles. The van der Waals surface area contributed by atoms with Crippen molar-refractivity contribution in [2.45, 2.75) is 26.8 Å². The maximum absolute atomic E-state index is 4.41. The van der Waals surface area contributed by atoms with Crippen molar-refractivity contribution >= 4 is 17.0 Å². The highest BCUT2D eigenvalue weighted by Gasteiger charge is 2.11. The summed E-state index contributed by atoms with van der Waals surface area (Å²) in [5.74, 6) is 1.55. The molecule has 0 aliphatic heterocycles. The maximum Gasteiger partial charge on any atom is 0.165 e. The third-order valence-corrected chi connectivity index (χ3v) is 2.33. The lowest BCUT2D eigenvalue weighted by Crippen LogP contribution is -2.03. The summed E-state index contributed by atoms with van der Waals surface area (Å²) in [5, 5.41) is 3.04. The number of imidazole rings is 1. The second-order valence-electron chi connectivity index (χ2n) is 3.79. The van der Waals surface area contributed by atoms with Crippen LogP contribution >= 0.6 is 0 Å². The normalized spacial score (nSPS) is 11.3. The van der Waals surface area contributed by atoms with Crippen molar-refractivity contribution in [3.8, 4) is 0 Å². The van der Waals surface area contributed by atoms with E-state index in [1.54, 1.807) is 0 Å². The molecule has 0 amide bonds. The highest BCUT2D eigenvalue weighted by Crippen LogP contribution is 2.20. The van der Waals surface area contributed by atoms with E-state index in [1.807, 2.05) is 24.9 Å². The first-order chi connectivity index (χ1) is 7.13. The van der Waals surface area contributed by atoms with Gasteiger partial charge in [0, 0.05) is 13.1 Å². The van der Waals surface area contributed by atoms with Gasteiger partial charge >= 0.3 is 0 Å². The maximum atomic E-state index is 4.41. The Kier molecular flexibility index (Phi) is 2.30. The van der Waals surface area contributed by atoms with Crippen LogP contribution in [0.5, 0.6) is 0 Å². The molecule has 15 heavy (non-hydrogen) atoms. The molecule has 0 unspecified atom stereocenters. The summed E-state index contributed by atoms with van der Waals surface area (Å²) in [6, 6.07) is 0.356. The smallest absolute Gasteiger partial charge is 0.165 e. The zero-order chi connectivity index (χ0) is 11.0. The summed E-state index contributed by atoms with van der Waals surface area (Å²) >= 11 is 0. The Balaban J connectivity index is 2.75. The van der Waals surface area contributed by atoms with Crippen LogP contribution in [0.15, 0.2) is 6.33 Å². The minimum Gasteiger partial charge on any atom is -0.371 e. The second-order valence-corrected chi connectivity index (χ2v) is 3.79. The third-order valence-electron chi connectivity index (χ3n) is 2.33. The topological polar surface area (TPSA) is 55.6 Å². The summed E-state index contributed by atoms with van der Waals surface area (Å²) in [6.07, 6.45) is 1.81. The highest BCUT2D eigenvalue weighted by molar-refractivity contribution is 5.82. The molecular formula is C10H15N5. The number of rotatable bonds is 2. The molecule has 0 radical (unpaired) electrons. The quantitative estimate of drug-likeness (QED) is 0.811. The lowest BCUT2D eigenvalue weighted by Gasteiger charge is -2.08. The van der Waals surface area contributed by atoms with Crippen molar-refractivity contribution in [3.05, 3.63) is 12.2 Å². The minimum absolute atomic E-state index is 0.356. The highest BCUT2D eigenvalue weighted by atomic mass is 15.2. The molecule has 2 aromatic rings. The molecule has 0 atom stereocenters. The van der Waals surface area contributed by atoms with Crippen LogP contribution in [0.3, 0.4) is 0 Å². The summed E-state index contributed by atoms with van der Waals surface area (Å²) in [4.78, 5) is 13.0. The van der Waals surface area contributed by atoms with E-state index in [0.717, 1.165) is 22.8 Å². The van der Waals surface area contributed by atoms with E-state index in [-0.39, 0.29) is 0 Å². The average Bonchev–Trinajstić information content (AvgIpc) is 2.59. The van der Waals surface area contributed by atoms with Gasteiger partial charge in [0.05, 0.1) is 6.33 Å². The van der Waals surface area contributed by atoms with Crippen LogP contribution in [-0.2, 0) is 0 Å². The molecule has 0 fully saturated rings. The van der Waals surface area contributed by atoms with Gasteiger partial charge in [0.2, 0.25) is 0 Å². The van der Waals surface area contributed by atoms with Gasteiger partial charge in [-0.05, 0) is 20.8 Å². The van der Waals surface area contributed by atoms with Crippen molar-refractivity contribution in [3.63, 3.8) is 0 Å². The van der Waals surface area contributed by atoms with Crippen molar-refractivity contribution in [1.82, 2.24) is 19.5 Å². The molecule has 1 N–H and O–H groups in total. The van der Waals surface area contributed by atoms with E-state index in [1.165, 1.54) is 0 Å². The number of nitrogens with zero attached hydrogens (tertiary/aromatic N) is 4. The fourth-order valence-corrected chi connectivity index (χ4v) is 1.58. The first-order valence-electron chi connectivity index (χ1n) is 5.02. The van der Waals surface area contributed by atoms with Gasteiger partial charge < -0.3 is 9.88 Å². The molecule has 0 spiro atoms. The number of aryl methyl sites for hydroxylation is 1. The van der Waals surface area contributed by atoms with Gasteiger partial charge in [0.25, 0.3) is 0 Å². The fraction of sp³-hybridized carbons (Fsp3) is 0.500. The van der Waals surface area contributed by atoms with Crippen LogP contribution in [0.4, 0.5) is 5.82 Å². The number of hydrogen-bond donors (Lipinski definition) is 1. The van der Waals surface area contributed by atoms with E-state index in [2.05, 4.69) is 34.1 Å². The van der Waals surface area contributed by atoms with Crippen molar-refractivity contribution in [2.75, 3.05) is 12.4 Å². The Morgan fingerprint density at radius 1 is 1.33 bits per heavy atom. The van der Waals surface area contributed by atoms with Gasteiger partial charge in [-0.3, -0.25) is 0 Å². The molecular weight excluding hydrogens is 190 g/mol. The molecule has 5 heteroatoms. The van der Waals surface area contributed by atoms with Crippen molar-refractivity contribution in [2.24, 2.45) is 0 Å². The molecule has 0 aliphatic rings. The molecule has 0 bridgehead atoms. The molecule has 80 valence electrons. The van der Waals surface area contributed by atoms with Gasteiger partial charge in [0.1, 0.15) is 11.3 Å². The van der Waals surface area contributed by atoms with Crippen LogP contribution in [0.2, 0.25) is 0 Å². The van der Waals surface area contributed by atoms with E-state index >= 15 is 0 Å². The predicted molar refractivity (Wildman–Crippen MR) is 60.0 cm³/mol. The second kappa shape index (κ2) is 3.49. The Morgan fingerprint density at radius 2 is 2.07 bits per heavy atom. The molecule has 0 saturated carbocycles. The molecule has 5 nitrogen and oxygen atoms in total. The van der Waals surface area contributed by atoms with Crippen LogP contribution < -0.4 is 5.32 Å². The largest absolute Gasteiger partial charge is 0.371 e. The standard InChI is InChI=1S/C10H15N5/c1-6(2)15-5-12-8-9(11-4)13-7(3)14-10(8)15/h5-6H,1-4H3,(H,11,13,14). The minimum atomic E-state index is 0.356. The van der Waals surface area contributed by atoms with Crippen LogP contribution in [0.1, 0.15) is 25.7 Å². The van der Waals surface area contributed by atoms with Gasteiger partial charge in [-0.1, -0.05) is 0 Å². The lowest BCUT2D eigenvalue weighted by atomic mass is 10.4. The monoisotopic (exact) mass is 205 g/mol. The van der Waals surface area contributed by atoms with E-state index in [4.69, 9.17) is 0 Å². The summed E-state index contributed by atoms with van der Waals surface area (Å²) in [7, 11) is 1.84. The van der Waals surface area contributed by atoms with E-state index in [9.17, 15) is 0 Å². The Hall–Kier alpha value is -1.65. The molecule has 2 aromatic heterocycles. The van der Waals surface area contributed by atoms with Crippen LogP contribution in [0.25, 0.3) is 11.2 Å². The number of fused-ring (bicyclic) bond motifs is 1. The third kappa shape index (κ3) is 1.54. The Bertz CT molecular complexity index is 486. The summed E-state index contributed by atoms with van der Waals surface area (Å²) in [5.41, 5.74) is 1.72. The van der Waals surface area contributed by atoms with Crippen molar-refractivity contribution in [1.29, 1.82) is 0 Å². The van der Waals surface area contributed by atoms with Crippen LogP contribution in [0, 0.1) is 6.92 Å². The summed E-state index contributed by atoms with van der Waals surface area (Å²) in [6.45, 7) is 6.10. The zero-order valence-electron chi connectivity index (χ0n) is 9.44. The number of anilines is 1. The van der Waals surface area contributed by atoms with E-state index in [0.29, 0.717) is 6.04 Å². The first kappa shape index (κ1) is 9.89. The Labute approximate surface area is 88.6 Å². The van der Waals surface area contributed by atoms with Gasteiger partial charge in [0.15, 0.2) is 11.5 Å². The Morgan fingerprint density at radius 3 is 2.67 bits per heavy atom. The number of hydrogen-bond acceptors (Lipinski definition) is 4. The zero-order valence-corrected chi connectivity index (χ0v) is 9.44. The van der Waals surface area contributed by atoms with E-state index < -0.39 is 0 Å². The molecule has 2 rings (SSSR count). The first-order valence-corrected chi connectivity index (χ1v) is 5.02. The average molecular weight is 205 g/mol.